The third-order valence-electron chi connectivity index (χ3n) is 6.28. The van der Waals surface area contributed by atoms with Crippen LogP contribution >= 0.6 is 0 Å². The number of aliphatic hydroxyl groups excluding tert-OH is 1. The quantitative estimate of drug-likeness (QED) is 0.273. The van der Waals surface area contributed by atoms with Gasteiger partial charge in [0.05, 0.1) is 25.0 Å². The molecule has 1 amide bonds. The number of nitrogens with one attached hydrogen (secondary N) is 2. The third kappa shape index (κ3) is 6.75. The van der Waals surface area contributed by atoms with Crippen molar-refractivity contribution in [3.8, 4) is 11.3 Å². The summed E-state index contributed by atoms with van der Waals surface area (Å²) in [6.45, 7) is 2.45. The highest BCUT2D eigenvalue weighted by Crippen LogP contribution is 2.28. The van der Waals surface area contributed by atoms with Crippen molar-refractivity contribution in [3.05, 3.63) is 73.1 Å². The number of aliphatic hydroxyl groups is 1. The molecule has 4 aromatic rings. The first-order valence-electron chi connectivity index (χ1n) is 13.0. The molecule has 1 atom stereocenters. The number of aromatic nitrogens is 4. The zero-order chi connectivity index (χ0) is 27.9. The molecule has 3 aromatic heterocycles. The van der Waals surface area contributed by atoms with E-state index in [-0.39, 0.29) is 18.6 Å². The van der Waals surface area contributed by atoms with Gasteiger partial charge in [-0.15, -0.1) is 0 Å². The van der Waals surface area contributed by atoms with Crippen LogP contribution in [0, 0.1) is 0 Å². The summed E-state index contributed by atoms with van der Waals surface area (Å²) in [6, 6.07) is 15.1. The minimum absolute atomic E-state index is 0.0289. The van der Waals surface area contributed by atoms with Crippen LogP contribution in [0.25, 0.3) is 22.2 Å². The summed E-state index contributed by atoms with van der Waals surface area (Å²) >= 11 is 0. The van der Waals surface area contributed by atoms with Gasteiger partial charge >= 0.3 is 0 Å². The van der Waals surface area contributed by atoms with Crippen LogP contribution in [0.2, 0.25) is 0 Å². The first-order valence-corrected chi connectivity index (χ1v) is 13.0. The molecule has 0 spiro atoms. The van der Waals surface area contributed by atoms with E-state index in [4.69, 9.17) is 14.7 Å². The highest BCUT2D eigenvalue weighted by Gasteiger charge is 2.21. The molecule has 1 saturated heterocycles. The van der Waals surface area contributed by atoms with Crippen molar-refractivity contribution >= 4 is 40.1 Å². The number of pyridine rings is 2. The number of rotatable bonds is 9. The predicted molar refractivity (Wildman–Crippen MR) is 156 cm³/mol. The Morgan fingerprint density at radius 1 is 1.18 bits per heavy atom. The molecule has 1 aliphatic heterocycles. The van der Waals surface area contributed by atoms with Gasteiger partial charge in [0.15, 0.2) is 0 Å². The molecule has 1 aromatic carbocycles. The molecule has 0 radical (unpaired) electrons. The monoisotopic (exact) mass is 540 g/mol. The lowest BCUT2D eigenvalue weighted by molar-refractivity contribution is -0.111. The fourth-order valence-electron chi connectivity index (χ4n) is 4.35. The molecule has 4 heterocycles. The summed E-state index contributed by atoms with van der Waals surface area (Å²) in [6.07, 6.45) is 6.58. The first-order chi connectivity index (χ1) is 19.5. The molecule has 0 aliphatic carbocycles. The second-order valence-corrected chi connectivity index (χ2v) is 9.65. The molecule has 1 fully saturated rings. The van der Waals surface area contributed by atoms with Crippen LogP contribution in [0.5, 0.6) is 0 Å². The van der Waals surface area contributed by atoms with E-state index in [1.807, 2.05) is 73.6 Å². The number of benzene rings is 1. The van der Waals surface area contributed by atoms with Gasteiger partial charge in [-0.05, 0) is 44.4 Å². The molecule has 3 N–H and O–H groups in total. The van der Waals surface area contributed by atoms with Crippen molar-refractivity contribution in [1.82, 2.24) is 24.8 Å². The molecule has 1 unspecified atom stereocenters. The number of anilines is 4. The van der Waals surface area contributed by atoms with Crippen molar-refractivity contribution in [1.29, 1.82) is 0 Å². The third-order valence-corrected chi connectivity index (χ3v) is 6.28. The largest absolute Gasteiger partial charge is 0.394 e. The van der Waals surface area contributed by atoms with Gasteiger partial charge in [0.25, 0.3) is 0 Å². The Bertz CT molecular complexity index is 1510. The van der Waals surface area contributed by atoms with Gasteiger partial charge in [-0.25, -0.2) is 15.0 Å². The number of likely N-dealkylation sites (N-methyl/N-ethyl adjacent to an activating group) is 1. The average molecular weight is 541 g/mol. The molecule has 40 heavy (non-hydrogen) atoms. The van der Waals surface area contributed by atoms with Crippen LogP contribution in [0.1, 0.15) is 0 Å². The SMILES string of the molecule is CN(C)CC=CC(=O)Nc1cccc(-c2nccc3cnc(Nc4cccc(N5CCOC(CO)C5)n4)nc23)c1. The van der Waals surface area contributed by atoms with Crippen molar-refractivity contribution in [2.45, 2.75) is 6.10 Å². The van der Waals surface area contributed by atoms with Crippen LogP contribution in [0.4, 0.5) is 23.3 Å². The minimum atomic E-state index is -0.228. The molecular weight excluding hydrogens is 508 g/mol. The number of amides is 1. The number of hydrogen-bond acceptors (Lipinski definition) is 10. The van der Waals surface area contributed by atoms with Crippen LogP contribution in [-0.4, -0.2) is 88.9 Å². The molecule has 0 bridgehead atoms. The number of ether oxygens (including phenoxy) is 1. The summed E-state index contributed by atoms with van der Waals surface area (Å²) in [5, 5.41) is 16.4. The Labute approximate surface area is 232 Å². The Kier molecular flexibility index (Phi) is 8.55. The van der Waals surface area contributed by atoms with E-state index in [0.717, 1.165) is 16.8 Å². The smallest absolute Gasteiger partial charge is 0.248 e. The Hall–Kier alpha value is -4.45. The highest BCUT2D eigenvalue weighted by atomic mass is 16.5. The fourth-order valence-corrected chi connectivity index (χ4v) is 4.35. The number of hydrogen-bond donors (Lipinski definition) is 3. The summed E-state index contributed by atoms with van der Waals surface area (Å²) < 4.78 is 5.56. The van der Waals surface area contributed by atoms with Gasteiger partial charge in [0.1, 0.15) is 17.2 Å². The van der Waals surface area contributed by atoms with Gasteiger partial charge in [0.2, 0.25) is 11.9 Å². The van der Waals surface area contributed by atoms with Crippen molar-refractivity contribution in [3.63, 3.8) is 0 Å². The van der Waals surface area contributed by atoms with Gasteiger partial charge in [-0.2, -0.15) is 0 Å². The number of carbonyl (C=O) groups is 1. The maximum atomic E-state index is 12.3. The van der Waals surface area contributed by atoms with E-state index >= 15 is 0 Å². The van der Waals surface area contributed by atoms with Gasteiger partial charge < -0.3 is 30.3 Å². The van der Waals surface area contributed by atoms with Crippen LogP contribution in [0.3, 0.4) is 0 Å². The molecule has 1 aliphatic rings. The number of carbonyl (C=O) groups excluding carboxylic acids is 1. The molecule has 11 nitrogen and oxygen atoms in total. The minimum Gasteiger partial charge on any atom is -0.394 e. The summed E-state index contributed by atoms with van der Waals surface area (Å²) in [4.78, 5) is 35.0. The lowest BCUT2D eigenvalue weighted by Gasteiger charge is -2.33. The van der Waals surface area contributed by atoms with E-state index < -0.39 is 0 Å². The summed E-state index contributed by atoms with van der Waals surface area (Å²) in [7, 11) is 3.89. The first kappa shape index (κ1) is 27.1. The Morgan fingerprint density at radius 3 is 2.90 bits per heavy atom. The van der Waals surface area contributed by atoms with E-state index in [9.17, 15) is 9.90 Å². The Morgan fingerprint density at radius 2 is 2.05 bits per heavy atom. The maximum absolute atomic E-state index is 12.3. The fraction of sp³-hybridized carbons (Fsp3) is 0.276. The highest BCUT2D eigenvalue weighted by molar-refractivity contribution is 6.00. The van der Waals surface area contributed by atoms with Crippen LogP contribution < -0.4 is 15.5 Å². The summed E-state index contributed by atoms with van der Waals surface area (Å²) in [5.74, 6) is 1.57. The molecule has 11 heteroatoms. The average Bonchev–Trinajstić information content (AvgIpc) is 2.97. The molecular formula is C29H32N8O3. The topological polar surface area (TPSA) is 129 Å². The van der Waals surface area contributed by atoms with Crippen molar-refractivity contribution in [2.75, 3.05) is 62.5 Å². The Balaban J connectivity index is 1.37. The van der Waals surface area contributed by atoms with Gasteiger partial charge in [0, 0.05) is 54.7 Å². The second-order valence-electron chi connectivity index (χ2n) is 9.65. The standard InChI is InChI=1S/C29H32N8O3/c1-36(2)13-5-10-26(39)32-22-7-3-6-20(16-22)27-28-21(11-12-30-27)17-31-29(35-28)34-24-8-4-9-25(33-24)37-14-15-40-23(18-37)19-38/h3-12,16-17,23,38H,13-15,18-19H2,1-2H3,(H,32,39)(H,31,33,34,35). The van der Waals surface area contributed by atoms with Crippen molar-refractivity contribution in [2.24, 2.45) is 0 Å². The lowest BCUT2D eigenvalue weighted by Crippen LogP contribution is -2.44. The molecule has 206 valence electrons. The van der Waals surface area contributed by atoms with Gasteiger partial charge in [-0.1, -0.05) is 24.3 Å². The second kappa shape index (κ2) is 12.6. The van der Waals surface area contributed by atoms with E-state index in [1.54, 1.807) is 12.4 Å². The maximum Gasteiger partial charge on any atom is 0.248 e. The van der Waals surface area contributed by atoms with E-state index in [1.165, 1.54) is 6.08 Å². The molecule has 5 rings (SSSR count). The lowest BCUT2D eigenvalue weighted by atomic mass is 10.1. The van der Waals surface area contributed by atoms with Gasteiger partial charge in [-0.3, -0.25) is 9.78 Å². The van der Waals surface area contributed by atoms with Crippen molar-refractivity contribution < 1.29 is 14.6 Å². The zero-order valence-electron chi connectivity index (χ0n) is 22.5. The van der Waals surface area contributed by atoms with Crippen LogP contribution in [-0.2, 0) is 9.53 Å². The predicted octanol–water partition coefficient (Wildman–Crippen LogP) is 3.08. The summed E-state index contributed by atoms with van der Waals surface area (Å²) in [5.41, 5.74) is 2.82. The van der Waals surface area contributed by atoms with E-state index in [2.05, 4.69) is 25.5 Å². The molecule has 0 saturated carbocycles. The van der Waals surface area contributed by atoms with E-state index in [0.29, 0.717) is 54.9 Å². The zero-order valence-corrected chi connectivity index (χ0v) is 22.5. The number of nitrogens with zero attached hydrogens (tertiary/aromatic N) is 6. The normalized spacial score (nSPS) is 15.6. The number of fused-ring (bicyclic) bond motifs is 1. The number of morpholine rings is 1. The van der Waals surface area contributed by atoms with Crippen LogP contribution in [0.15, 0.2) is 73.1 Å².